The first-order valence-corrected chi connectivity index (χ1v) is 17.2. The number of thiazole rings is 1. The molecule has 0 spiro atoms. The van der Waals surface area contributed by atoms with Crippen molar-refractivity contribution in [2.24, 2.45) is 4.99 Å². The van der Waals surface area contributed by atoms with E-state index in [0.717, 1.165) is 25.8 Å². The summed E-state index contributed by atoms with van der Waals surface area (Å²) in [6.07, 6.45) is 1.80. The van der Waals surface area contributed by atoms with Crippen molar-refractivity contribution >= 4 is 74.9 Å². The SMILES string of the molecule is CCOC(=O)C1=C(c2ccccc2)N=c2s/c(=C\c3cc(I)c(OCc4ccc(Cl)cc4Cl)c(OC)c3)c(=O)n2[C@H]1c1ccccc1. The van der Waals surface area contributed by atoms with Crippen LogP contribution in [-0.4, -0.2) is 24.3 Å². The predicted octanol–water partition coefficient (Wildman–Crippen LogP) is 7.43. The molecule has 238 valence electrons. The lowest BCUT2D eigenvalue weighted by atomic mass is 9.93. The molecule has 0 aliphatic carbocycles. The number of nitrogens with zero attached hydrogens (tertiary/aromatic N) is 2. The molecule has 7 nitrogen and oxygen atoms in total. The Labute approximate surface area is 298 Å². The average molecular weight is 797 g/mol. The minimum absolute atomic E-state index is 0.184. The minimum Gasteiger partial charge on any atom is -0.493 e. The Hall–Kier alpha value is -3.90. The van der Waals surface area contributed by atoms with Crippen molar-refractivity contribution in [3.05, 3.63) is 152 Å². The molecule has 47 heavy (non-hydrogen) atoms. The fourth-order valence-corrected chi connectivity index (χ4v) is 7.54. The molecule has 0 fully saturated rings. The van der Waals surface area contributed by atoms with E-state index in [1.54, 1.807) is 36.8 Å². The number of ether oxygens (including phenoxy) is 3. The van der Waals surface area contributed by atoms with Crippen molar-refractivity contribution in [1.29, 1.82) is 0 Å². The zero-order valence-corrected chi connectivity index (χ0v) is 29.7. The summed E-state index contributed by atoms with van der Waals surface area (Å²) in [6, 6.07) is 27.2. The van der Waals surface area contributed by atoms with E-state index in [0.29, 0.717) is 42.1 Å². The van der Waals surface area contributed by atoms with Crippen LogP contribution in [-0.2, 0) is 16.1 Å². The van der Waals surface area contributed by atoms with Crippen LogP contribution < -0.4 is 24.4 Å². The lowest BCUT2D eigenvalue weighted by Gasteiger charge is -2.25. The van der Waals surface area contributed by atoms with Crippen LogP contribution in [0.15, 0.2) is 106 Å². The monoisotopic (exact) mass is 796 g/mol. The largest absolute Gasteiger partial charge is 0.493 e. The van der Waals surface area contributed by atoms with Crippen molar-refractivity contribution in [3.8, 4) is 11.5 Å². The fraction of sp³-hybridized carbons (Fsp3) is 0.139. The molecule has 1 atom stereocenters. The van der Waals surface area contributed by atoms with Crippen molar-refractivity contribution in [2.75, 3.05) is 13.7 Å². The van der Waals surface area contributed by atoms with Gasteiger partial charge in [-0.3, -0.25) is 9.36 Å². The molecule has 0 radical (unpaired) electrons. The summed E-state index contributed by atoms with van der Waals surface area (Å²) in [5.41, 5.74) is 3.55. The Balaban J connectivity index is 1.47. The zero-order valence-electron chi connectivity index (χ0n) is 25.2. The number of hydrogen-bond donors (Lipinski definition) is 0. The van der Waals surface area contributed by atoms with Crippen LogP contribution in [0.5, 0.6) is 11.5 Å². The van der Waals surface area contributed by atoms with Gasteiger partial charge in [0.05, 0.1) is 39.1 Å². The highest BCUT2D eigenvalue weighted by Crippen LogP contribution is 2.37. The van der Waals surface area contributed by atoms with Gasteiger partial charge in [-0.2, -0.15) is 0 Å². The zero-order chi connectivity index (χ0) is 33.1. The van der Waals surface area contributed by atoms with Gasteiger partial charge in [-0.25, -0.2) is 9.79 Å². The molecular weight excluding hydrogens is 770 g/mol. The first-order valence-electron chi connectivity index (χ1n) is 14.6. The van der Waals surface area contributed by atoms with Crippen LogP contribution in [0.3, 0.4) is 0 Å². The number of fused-ring (bicyclic) bond motifs is 1. The van der Waals surface area contributed by atoms with Crippen LogP contribution in [0.2, 0.25) is 10.0 Å². The van der Waals surface area contributed by atoms with E-state index in [1.807, 2.05) is 78.9 Å². The van der Waals surface area contributed by atoms with Gasteiger partial charge in [-0.15, -0.1) is 0 Å². The molecule has 2 heterocycles. The Kier molecular flexibility index (Phi) is 10.2. The van der Waals surface area contributed by atoms with Gasteiger partial charge in [0, 0.05) is 21.2 Å². The Morgan fingerprint density at radius 3 is 2.43 bits per heavy atom. The quantitative estimate of drug-likeness (QED) is 0.115. The van der Waals surface area contributed by atoms with Crippen molar-refractivity contribution in [2.45, 2.75) is 19.6 Å². The van der Waals surface area contributed by atoms with E-state index in [1.165, 1.54) is 11.3 Å². The molecule has 1 aromatic heterocycles. The number of esters is 1. The maximum Gasteiger partial charge on any atom is 0.338 e. The number of carbonyl (C=O) groups is 1. The van der Waals surface area contributed by atoms with E-state index in [9.17, 15) is 9.59 Å². The summed E-state index contributed by atoms with van der Waals surface area (Å²) in [5.74, 6) is 0.528. The van der Waals surface area contributed by atoms with Crippen molar-refractivity contribution < 1.29 is 19.0 Å². The van der Waals surface area contributed by atoms with Gasteiger partial charge in [-0.05, 0) is 71.0 Å². The molecule has 5 aromatic rings. The maximum atomic E-state index is 14.2. The number of rotatable bonds is 9. The molecule has 0 saturated carbocycles. The van der Waals surface area contributed by atoms with Crippen LogP contribution >= 0.6 is 57.1 Å². The third-order valence-electron chi connectivity index (χ3n) is 7.43. The van der Waals surface area contributed by atoms with E-state index in [4.69, 9.17) is 42.4 Å². The average Bonchev–Trinajstić information content (AvgIpc) is 3.38. The van der Waals surface area contributed by atoms with Gasteiger partial charge in [0.15, 0.2) is 16.3 Å². The molecule has 0 saturated heterocycles. The van der Waals surface area contributed by atoms with Gasteiger partial charge < -0.3 is 14.2 Å². The molecule has 1 aliphatic heterocycles. The van der Waals surface area contributed by atoms with E-state index in [2.05, 4.69) is 22.6 Å². The normalized spacial score (nSPS) is 14.4. The second-order valence-corrected chi connectivity index (χ2v) is 13.4. The number of aromatic nitrogens is 1. The van der Waals surface area contributed by atoms with Crippen LogP contribution in [0.1, 0.15) is 35.2 Å². The highest BCUT2D eigenvalue weighted by Gasteiger charge is 2.35. The first kappa shape index (κ1) is 33.0. The highest BCUT2D eigenvalue weighted by atomic mass is 127. The molecule has 0 N–H and O–H groups in total. The predicted molar refractivity (Wildman–Crippen MR) is 194 cm³/mol. The van der Waals surface area contributed by atoms with Gasteiger partial charge in [0.25, 0.3) is 5.56 Å². The smallest absolute Gasteiger partial charge is 0.338 e. The fourth-order valence-electron chi connectivity index (χ4n) is 5.29. The number of carbonyl (C=O) groups excluding carboxylic acids is 1. The summed E-state index contributed by atoms with van der Waals surface area (Å²) in [5, 5.41) is 1.05. The third kappa shape index (κ3) is 6.89. The topological polar surface area (TPSA) is 79.1 Å². The lowest BCUT2D eigenvalue weighted by molar-refractivity contribution is -0.138. The molecule has 6 rings (SSSR count). The maximum absolute atomic E-state index is 14.2. The third-order valence-corrected chi connectivity index (χ3v) is 9.80. The number of halogens is 3. The van der Waals surface area contributed by atoms with E-state index < -0.39 is 12.0 Å². The summed E-state index contributed by atoms with van der Waals surface area (Å²) < 4.78 is 20.2. The number of hydrogen-bond acceptors (Lipinski definition) is 7. The minimum atomic E-state index is -0.742. The second kappa shape index (κ2) is 14.5. The molecule has 0 amide bonds. The number of benzene rings is 4. The first-order chi connectivity index (χ1) is 22.8. The summed E-state index contributed by atoms with van der Waals surface area (Å²) in [7, 11) is 1.56. The molecule has 4 aromatic carbocycles. The number of methoxy groups -OCH3 is 1. The standard InChI is InChI=1S/C36H27Cl2IN2O5S/c1-3-45-35(43)30-31(22-10-6-4-7-11-22)40-36-41(32(30)23-12-8-5-9-13-23)34(42)29(47-36)18-21-16-27(39)33(28(17-21)44-2)46-20-24-14-15-25(37)19-26(24)38/h4-19,32H,3,20H2,1-2H3/b29-18-/t32-/m0/s1. The van der Waals surface area contributed by atoms with E-state index >= 15 is 0 Å². The molecule has 0 bridgehead atoms. The van der Waals surface area contributed by atoms with Crippen molar-refractivity contribution in [1.82, 2.24) is 4.57 Å². The molecule has 11 heteroatoms. The van der Waals surface area contributed by atoms with E-state index in [-0.39, 0.29) is 18.8 Å². The Morgan fingerprint density at radius 1 is 1.02 bits per heavy atom. The van der Waals surface area contributed by atoms with Crippen LogP contribution in [0.4, 0.5) is 0 Å². The van der Waals surface area contributed by atoms with Crippen LogP contribution in [0.25, 0.3) is 11.8 Å². The van der Waals surface area contributed by atoms with Gasteiger partial charge in [-0.1, -0.05) is 101 Å². The van der Waals surface area contributed by atoms with Gasteiger partial charge >= 0.3 is 5.97 Å². The molecular formula is C36H27Cl2IN2O5S. The summed E-state index contributed by atoms with van der Waals surface area (Å²) >= 11 is 15.8. The molecule has 0 unspecified atom stereocenters. The summed E-state index contributed by atoms with van der Waals surface area (Å²) in [4.78, 5) is 33.2. The van der Waals surface area contributed by atoms with Gasteiger partial charge in [0.2, 0.25) is 0 Å². The molecule has 1 aliphatic rings. The summed E-state index contributed by atoms with van der Waals surface area (Å²) in [6.45, 7) is 2.15. The second-order valence-electron chi connectivity index (χ2n) is 10.4. The van der Waals surface area contributed by atoms with Gasteiger partial charge in [0.1, 0.15) is 6.61 Å². The Morgan fingerprint density at radius 2 is 1.74 bits per heavy atom. The Bertz CT molecular complexity index is 2180. The van der Waals surface area contributed by atoms with Crippen LogP contribution in [0, 0.1) is 3.57 Å². The van der Waals surface area contributed by atoms with Crippen molar-refractivity contribution in [3.63, 3.8) is 0 Å². The highest BCUT2D eigenvalue weighted by molar-refractivity contribution is 14.1. The lowest BCUT2D eigenvalue weighted by Crippen LogP contribution is -2.40.